The molecular formula is C21H27ClFN3O+2. The van der Waals surface area contributed by atoms with Crippen LogP contribution in [0.4, 0.5) is 10.1 Å². The van der Waals surface area contributed by atoms with Gasteiger partial charge in [0, 0.05) is 5.56 Å². The van der Waals surface area contributed by atoms with E-state index in [1.807, 2.05) is 6.92 Å². The Balaban J connectivity index is 1.51. The third kappa shape index (κ3) is 5.28. The van der Waals surface area contributed by atoms with Crippen molar-refractivity contribution in [3.8, 4) is 0 Å². The van der Waals surface area contributed by atoms with Crippen LogP contribution in [0.2, 0.25) is 5.02 Å². The summed E-state index contributed by atoms with van der Waals surface area (Å²) < 4.78 is 13.1. The van der Waals surface area contributed by atoms with Gasteiger partial charge in [-0.05, 0) is 32.0 Å². The fraction of sp³-hybridized carbons (Fsp3) is 0.381. The molecule has 0 saturated carbocycles. The lowest BCUT2D eigenvalue weighted by Crippen LogP contribution is -3.29. The van der Waals surface area contributed by atoms with Gasteiger partial charge in [-0.1, -0.05) is 41.4 Å². The highest BCUT2D eigenvalue weighted by Gasteiger charge is 2.31. The second-order valence-electron chi connectivity index (χ2n) is 7.41. The normalized spacial score (nSPS) is 20.9. The van der Waals surface area contributed by atoms with Gasteiger partial charge in [0.05, 0.1) is 10.7 Å². The average molecular weight is 392 g/mol. The molecule has 2 aromatic carbocycles. The molecule has 27 heavy (non-hydrogen) atoms. The van der Waals surface area contributed by atoms with Crippen molar-refractivity contribution in [2.45, 2.75) is 26.4 Å². The first-order valence-corrected chi connectivity index (χ1v) is 9.80. The minimum Gasteiger partial charge on any atom is -0.322 e. The Kier molecular flexibility index (Phi) is 6.47. The van der Waals surface area contributed by atoms with Gasteiger partial charge in [0.1, 0.15) is 38.5 Å². The molecule has 0 unspecified atom stereocenters. The highest BCUT2D eigenvalue weighted by atomic mass is 35.5. The summed E-state index contributed by atoms with van der Waals surface area (Å²) in [6, 6.07) is 12.5. The zero-order chi connectivity index (χ0) is 19.4. The Bertz CT molecular complexity index is 806. The molecule has 1 heterocycles. The Morgan fingerprint density at radius 3 is 2.59 bits per heavy atom. The molecule has 3 rings (SSSR count). The zero-order valence-corrected chi connectivity index (χ0v) is 16.6. The van der Waals surface area contributed by atoms with E-state index in [9.17, 15) is 9.18 Å². The van der Waals surface area contributed by atoms with Crippen molar-refractivity contribution in [2.75, 3.05) is 31.5 Å². The van der Waals surface area contributed by atoms with Gasteiger partial charge in [0.2, 0.25) is 0 Å². The van der Waals surface area contributed by atoms with Gasteiger partial charge in [-0.3, -0.25) is 4.79 Å². The smallest absolute Gasteiger partial charge is 0.282 e. The number of hydrogen-bond donors (Lipinski definition) is 3. The predicted octanol–water partition coefficient (Wildman–Crippen LogP) is 1.10. The van der Waals surface area contributed by atoms with E-state index in [4.69, 9.17) is 11.6 Å². The highest BCUT2D eigenvalue weighted by molar-refractivity contribution is 6.33. The molecule has 1 atom stereocenters. The maximum absolute atomic E-state index is 13.1. The van der Waals surface area contributed by atoms with Gasteiger partial charge in [0.15, 0.2) is 6.04 Å². The van der Waals surface area contributed by atoms with Crippen molar-refractivity contribution in [3.63, 3.8) is 0 Å². The summed E-state index contributed by atoms with van der Waals surface area (Å²) in [5.41, 5.74) is 3.11. The summed E-state index contributed by atoms with van der Waals surface area (Å²) in [4.78, 5) is 15.4. The number of benzene rings is 2. The van der Waals surface area contributed by atoms with Crippen LogP contribution in [-0.4, -0.2) is 38.1 Å². The minimum atomic E-state index is -0.413. The van der Waals surface area contributed by atoms with E-state index in [1.54, 1.807) is 4.90 Å². The van der Waals surface area contributed by atoms with Crippen LogP contribution < -0.4 is 15.1 Å². The predicted molar refractivity (Wildman–Crippen MR) is 106 cm³/mol. The molecule has 6 heteroatoms. The van der Waals surface area contributed by atoms with Gasteiger partial charge >= 0.3 is 0 Å². The first-order valence-electron chi connectivity index (χ1n) is 9.42. The maximum Gasteiger partial charge on any atom is 0.282 e. The Morgan fingerprint density at radius 2 is 1.93 bits per heavy atom. The number of halogens is 2. The van der Waals surface area contributed by atoms with Gasteiger partial charge in [0.25, 0.3) is 5.91 Å². The number of carbonyl (C=O) groups is 1. The fourth-order valence-electron chi connectivity index (χ4n) is 3.66. The molecular weight excluding hydrogens is 365 g/mol. The molecule has 4 nitrogen and oxygen atoms in total. The van der Waals surface area contributed by atoms with Gasteiger partial charge in [-0.25, -0.2) is 4.39 Å². The summed E-state index contributed by atoms with van der Waals surface area (Å²) in [6.07, 6.45) is 0. The van der Waals surface area contributed by atoms with E-state index in [0.29, 0.717) is 5.69 Å². The molecule has 3 N–H and O–H groups in total. The van der Waals surface area contributed by atoms with Crippen molar-refractivity contribution in [2.24, 2.45) is 0 Å². The van der Waals surface area contributed by atoms with E-state index in [-0.39, 0.29) is 17.0 Å². The number of piperazine rings is 1. The first-order chi connectivity index (χ1) is 12.9. The molecule has 0 aromatic heterocycles. The van der Waals surface area contributed by atoms with Crippen LogP contribution in [0.15, 0.2) is 42.5 Å². The van der Waals surface area contributed by atoms with Crippen LogP contribution in [0, 0.1) is 12.7 Å². The average Bonchev–Trinajstić information content (AvgIpc) is 2.64. The van der Waals surface area contributed by atoms with Crippen LogP contribution in [0.5, 0.6) is 0 Å². The molecule has 0 bridgehead atoms. The van der Waals surface area contributed by atoms with E-state index in [2.05, 4.69) is 36.5 Å². The minimum absolute atomic E-state index is 0.0827. The lowest BCUT2D eigenvalue weighted by molar-refractivity contribution is -1.02. The van der Waals surface area contributed by atoms with Crippen LogP contribution in [0.25, 0.3) is 0 Å². The molecule has 1 amide bonds. The Morgan fingerprint density at radius 1 is 1.19 bits per heavy atom. The molecule has 0 spiro atoms. The quantitative estimate of drug-likeness (QED) is 0.701. The Hall–Kier alpha value is -1.95. The first kappa shape index (κ1) is 19.8. The number of quaternary nitrogens is 2. The summed E-state index contributed by atoms with van der Waals surface area (Å²) >= 11 is 6.01. The number of carbonyl (C=O) groups excluding carboxylic acids is 1. The van der Waals surface area contributed by atoms with Crippen LogP contribution in [0.3, 0.4) is 0 Å². The summed E-state index contributed by atoms with van der Waals surface area (Å²) in [7, 11) is 0. The zero-order valence-electron chi connectivity index (χ0n) is 15.8. The molecule has 1 saturated heterocycles. The summed E-state index contributed by atoms with van der Waals surface area (Å²) in [6.45, 7) is 9.07. The van der Waals surface area contributed by atoms with Gasteiger partial charge < -0.3 is 15.1 Å². The topological polar surface area (TPSA) is 38.0 Å². The van der Waals surface area contributed by atoms with Crippen molar-refractivity contribution in [3.05, 3.63) is 64.4 Å². The standard InChI is InChI=1S/C21H25ClFN3O/c1-15-4-3-5-17(12-15)14-25-8-10-26(11-9-25)16(2)21(27)24-20-7-6-18(23)13-19(20)22/h3-7,12-13,16H,8-11,14H2,1-2H3,(H,24,27)/p+2/t16-/m1/s1. The molecule has 144 valence electrons. The SMILES string of the molecule is Cc1cccc(C[NH+]2CC[NH+]([C@H](C)C(=O)Nc3ccc(F)cc3Cl)CC2)c1. The third-order valence-corrected chi connectivity index (χ3v) is 5.64. The summed E-state index contributed by atoms with van der Waals surface area (Å²) in [5, 5.41) is 3.05. The van der Waals surface area contributed by atoms with Gasteiger partial charge in [-0.15, -0.1) is 0 Å². The number of nitrogens with one attached hydrogen (secondary N) is 3. The van der Waals surface area contributed by atoms with Crippen molar-refractivity contribution in [1.29, 1.82) is 0 Å². The van der Waals surface area contributed by atoms with E-state index in [0.717, 1.165) is 32.7 Å². The lowest BCUT2D eigenvalue weighted by Gasteiger charge is -2.32. The fourth-order valence-corrected chi connectivity index (χ4v) is 3.88. The van der Waals surface area contributed by atoms with E-state index >= 15 is 0 Å². The van der Waals surface area contributed by atoms with Gasteiger partial charge in [-0.2, -0.15) is 0 Å². The largest absolute Gasteiger partial charge is 0.322 e. The number of amides is 1. The molecule has 1 fully saturated rings. The van der Waals surface area contributed by atoms with Crippen molar-refractivity contribution in [1.82, 2.24) is 0 Å². The number of rotatable bonds is 5. The van der Waals surface area contributed by atoms with Crippen LogP contribution >= 0.6 is 11.6 Å². The molecule has 0 radical (unpaired) electrons. The molecule has 2 aromatic rings. The molecule has 1 aliphatic rings. The number of anilines is 1. The Labute approximate surface area is 164 Å². The van der Waals surface area contributed by atoms with Crippen LogP contribution in [0.1, 0.15) is 18.1 Å². The maximum atomic E-state index is 13.1. The van der Waals surface area contributed by atoms with Crippen molar-refractivity contribution >= 4 is 23.2 Å². The van der Waals surface area contributed by atoms with Crippen molar-refractivity contribution < 1.29 is 19.0 Å². The highest BCUT2D eigenvalue weighted by Crippen LogP contribution is 2.22. The third-order valence-electron chi connectivity index (χ3n) is 5.33. The second-order valence-corrected chi connectivity index (χ2v) is 7.82. The monoisotopic (exact) mass is 391 g/mol. The lowest BCUT2D eigenvalue weighted by atomic mass is 10.1. The summed E-state index contributed by atoms with van der Waals surface area (Å²) in [5.74, 6) is -0.495. The molecule has 0 aliphatic carbocycles. The second kappa shape index (κ2) is 8.83. The van der Waals surface area contributed by atoms with Crippen LogP contribution in [-0.2, 0) is 11.3 Å². The molecule has 1 aliphatic heterocycles. The number of aryl methyl sites for hydroxylation is 1. The van der Waals surface area contributed by atoms with E-state index < -0.39 is 5.82 Å². The number of hydrogen-bond acceptors (Lipinski definition) is 1. The van der Waals surface area contributed by atoms with E-state index in [1.165, 1.54) is 34.2 Å².